The van der Waals surface area contributed by atoms with Gasteiger partial charge in [-0.05, 0) is 34.7 Å². The van der Waals surface area contributed by atoms with Gasteiger partial charge in [-0.2, -0.15) is 4.68 Å². The molecule has 0 aliphatic carbocycles. The fourth-order valence-corrected chi connectivity index (χ4v) is 2.16. The molecule has 0 saturated carbocycles. The summed E-state index contributed by atoms with van der Waals surface area (Å²) < 4.78 is 28.7. The highest BCUT2D eigenvalue weighted by Gasteiger charge is 2.18. The van der Waals surface area contributed by atoms with Crippen LogP contribution in [-0.4, -0.2) is 31.9 Å². The molecule has 1 heterocycles. The molecule has 0 bridgehead atoms. The molecule has 1 atom stereocenters. The largest absolute Gasteiger partial charge is 0.386 e. The van der Waals surface area contributed by atoms with Crippen molar-refractivity contribution in [2.24, 2.45) is 0 Å². The lowest BCUT2D eigenvalue weighted by Crippen LogP contribution is -2.17. The Morgan fingerprint density at radius 2 is 1.74 bits per heavy atom. The van der Waals surface area contributed by atoms with Crippen LogP contribution in [0.1, 0.15) is 11.7 Å². The van der Waals surface area contributed by atoms with E-state index in [1.54, 1.807) is 12.1 Å². The number of hydrogen-bond acceptors (Lipinski definition) is 5. The van der Waals surface area contributed by atoms with E-state index in [2.05, 4.69) is 20.8 Å². The van der Waals surface area contributed by atoms with E-state index in [1.807, 2.05) is 18.2 Å². The number of aliphatic hydroxyl groups is 1. The van der Waals surface area contributed by atoms with Gasteiger partial charge < -0.3 is 10.4 Å². The topological polar surface area (TPSA) is 75.9 Å². The highest BCUT2D eigenvalue weighted by Crippen LogP contribution is 2.21. The van der Waals surface area contributed by atoms with Crippen LogP contribution in [0.2, 0.25) is 0 Å². The Kier molecular flexibility index (Phi) is 4.24. The van der Waals surface area contributed by atoms with Crippen molar-refractivity contribution in [1.29, 1.82) is 0 Å². The Bertz CT molecular complexity index is 773. The molecule has 0 aliphatic rings. The number of para-hydroxylation sites is 1. The lowest BCUT2D eigenvalue weighted by atomic mass is 10.1. The number of aromatic nitrogens is 4. The lowest BCUT2D eigenvalue weighted by Gasteiger charge is -2.14. The van der Waals surface area contributed by atoms with Gasteiger partial charge in [0.15, 0.2) is 0 Å². The highest BCUT2D eigenvalue weighted by molar-refractivity contribution is 5.38. The number of benzene rings is 2. The van der Waals surface area contributed by atoms with Gasteiger partial charge in [0.1, 0.15) is 17.7 Å². The normalized spacial score (nSPS) is 12.1. The average Bonchev–Trinajstić information content (AvgIpc) is 3.02. The first kappa shape index (κ1) is 15.0. The van der Waals surface area contributed by atoms with Gasteiger partial charge >= 0.3 is 0 Å². The van der Waals surface area contributed by atoms with Crippen molar-refractivity contribution in [3.63, 3.8) is 0 Å². The van der Waals surface area contributed by atoms with Crippen LogP contribution in [0.5, 0.6) is 0 Å². The maximum Gasteiger partial charge on any atom is 0.247 e. The summed E-state index contributed by atoms with van der Waals surface area (Å²) >= 11 is 0. The Labute approximate surface area is 130 Å². The quantitative estimate of drug-likeness (QED) is 0.753. The summed E-state index contributed by atoms with van der Waals surface area (Å²) in [5.41, 5.74) is 0.324. The van der Waals surface area contributed by atoms with E-state index in [0.29, 0.717) is 5.69 Å². The number of aliphatic hydroxyl groups excluding tert-OH is 1. The average molecular weight is 317 g/mol. The smallest absolute Gasteiger partial charge is 0.247 e. The molecule has 3 aromatic rings. The molecule has 2 aromatic carbocycles. The number of anilines is 1. The summed E-state index contributed by atoms with van der Waals surface area (Å²) in [6.45, 7) is -0.148. The summed E-state index contributed by atoms with van der Waals surface area (Å²) in [6, 6.07) is 12.5. The number of hydrogen-bond donors (Lipinski definition) is 2. The van der Waals surface area contributed by atoms with Crippen LogP contribution in [0.25, 0.3) is 5.69 Å². The minimum Gasteiger partial charge on any atom is -0.386 e. The van der Waals surface area contributed by atoms with Gasteiger partial charge in [0.05, 0.1) is 11.3 Å². The van der Waals surface area contributed by atoms with Crippen molar-refractivity contribution in [2.75, 3.05) is 11.9 Å². The Morgan fingerprint density at radius 1 is 1.04 bits per heavy atom. The predicted octanol–water partition coefficient (Wildman–Crippen LogP) is 2.09. The molecule has 1 unspecified atom stereocenters. The monoisotopic (exact) mass is 317 g/mol. The number of nitrogens with one attached hydrogen (secondary N) is 1. The zero-order valence-corrected chi connectivity index (χ0v) is 11.9. The molecular weight excluding hydrogens is 304 g/mol. The van der Waals surface area contributed by atoms with E-state index < -0.39 is 23.3 Å². The van der Waals surface area contributed by atoms with Crippen molar-refractivity contribution in [2.45, 2.75) is 6.10 Å². The maximum atomic E-state index is 13.6. The zero-order chi connectivity index (χ0) is 16.2. The molecule has 0 spiro atoms. The molecule has 3 rings (SSSR count). The van der Waals surface area contributed by atoms with Crippen LogP contribution >= 0.6 is 0 Å². The first-order chi connectivity index (χ1) is 11.2. The van der Waals surface area contributed by atoms with Gasteiger partial charge in [0.25, 0.3) is 0 Å². The van der Waals surface area contributed by atoms with E-state index in [0.717, 1.165) is 12.1 Å². The highest BCUT2D eigenvalue weighted by atomic mass is 19.1. The van der Waals surface area contributed by atoms with Gasteiger partial charge in [-0.25, -0.2) is 8.78 Å². The Balaban J connectivity index is 1.76. The molecule has 8 heteroatoms. The number of nitrogens with zero attached hydrogens (tertiary/aromatic N) is 4. The van der Waals surface area contributed by atoms with Crippen molar-refractivity contribution in [1.82, 2.24) is 20.2 Å². The third kappa shape index (κ3) is 3.16. The van der Waals surface area contributed by atoms with Crippen LogP contribution in [0.15, 0.2) is 48.5 Å². The number of rotatable bonds is 5. The third-order valence-corrected chi connectivity index (χ3v) is 3.26. The first-order valence-corrected chi connectivity index (χ1v) is 6.86. The van der Waals surface area contributed by atoms with Gasteiger partial charge in [-0.3, -0.25) is 0 Å². The molecule has 0 amide bonds. The molecule has 1 aromatic heterocycles. The van der Waals surface area contributed by atoms with Gasteiger partial charge in [0, 0.05) is 6.54 Å². The standard InChI is InChI=1S/C15H13F2N5O/c16-11-7-4-8-12(17)14(11)13(23)9-18-15-19-20-21-22(15)10-5-2-1-3-6-10/h1-8,13,23H,9H2,(H,18,19,21). The van der Waals surface area contributed by atoms with Gasteiger partial charge in [-0.1, -0.05) is 29.4 Å². The van der Waals surface area contributed by atoms with Crippen LogP contribution in [0, 0.1) is 11.6 Å². The van der Waals surface area contributed by atoms with Crippen LogP contribution in [0.4, 0.5) is 14.7 Å². The predicted molar refractivity (Wildman–Crippen MR) is 79.0 cm³/mol. The van der Waals surface area contributed by atoms with Gasteiger partial charge in [-0.15, -0.1) is 0 Å². The summed E-state index contributed by atoms with van der Waals surface area (Å²) in [6.07, 6.45) is -1.38. The van der Waals surface area contributed by atoms with Crippen molar-refractivity contribution >= 4 is 5.95 Å². The minimum atomic E-state index is -1.38. The molecule has 6 nitrogen and oxygen atoms in total. The molecule has 0 saturated heterocycles. The first-order valence-electron chi connectivity index (χ1n) is 6.86. The van der Waals surface area contributed by atoms with E-state index in [9.17, 15) is 13.9 Å². The number of tetrazole rings is 1. The van der Waals surface area contributed by atoms with E-state index in [-0.39, 0.29) is 12.5 Å². The van der Waals surface area contributed by atoms with E-state index in [4.69, 9.17) is 0 Å². The van der Waals surface area contributed by atoms with Crippen molar-refractivity contribution in [3.8, 4) is 5.69 Å². The second kappa shape index (κ2) is 6.49. The Hall–Kier alpha value is -2.87. The summed E-state index contributed by atoms with van der Waals surface area (Å²) in [5, 5.41) is 24.0. The third-order valence-electron chi connectivity index (χ3n) is 3.26. The summed E-state index contributed by atoms with van der Waals surface area (Å²) in [4.78, 5) is 0. The molecule has 23 heavy (non-hydrogen) atoms. The second-order valence-electron chi connectivity index (χ2n) is 4.78. The fraction of sp³-hybridized carbons (Fsp3) is 0.133. The molecule has 0 aliphatic heterocycles. The van der Waals surface area contributed by atoms with Crippen LogP contribution < -0.4 is 5.32 Å². The molecule has 0 fully saturated rings. The minimum absolute atomic E-state index is 0.148. The zero-order valence-electron chi connectivity index (χ0n) is 11.9. The summed E-state index contributed by atoms with van der Waals surface area (Å²) in [5.74, 6) is -1.35. The fourth-order valence-electron chi connectivity index (χ4n) is 2.16. The van der Waals surface area contributed by atoms with E-state index >= 15 is 0 Å². The van der Waals surface area contributed by atoms with Crippen molar-refractivity contribution < 1.29 is 13.9 Å². The van der Waals surface area contributed by atoms with E-state index in [1.165, 1.54) is 10.7 Å². The maximum absolute atomic E-state index is 13.6. The molecular formula is C15H13F2N5O. The SMILES string of the molecule is OC(CNc1nnnn1-c1ccccc1)c1c(F)cccc1F. The molecule has 118 valence electrons. The summed E-state index contributed by atoms with van der Waals surface area (Å²) in [7, 11) is 0. The molecule has 0 radical (unpaired) electrons. The molecule has 2 N–H and O–H groups in total. The lowest BCUT2D eigenvalue weighted by molar-refractivity contribution is 0.181. The second-order valence-corrected chi connectivity index (χ2v) is 4.78. The van der Waals surface area contributed by atoms with Crippen LogP contribution in [0.3, 0.4) is 0 Å². The number of halogens is 2. The van der Waals surface area contributed by atoms with Crippen LogP contribution in [-0.2, 0) is 0 Å². The van der Waals surface area contributed by atoms with Gasteiger partial charge in [0.2, 0.25) is 5.95 Å². The Morgan fingerprint density at radius 3 is 2.43 bits per heavy atom. The van der Waals surface area contributed by atoms with Crippen molar-refractivity contribution in [3.05, 3.63) is 65.7 Å².